The normalized spacial score (nSPS) is 11.7. The van der Waals surface area contributed by atoms with E-state index >= 15 is 0 Å². The van der Waals surface area contributed by atoms with Gasteiger partial charge < -0.3 is 10.2 Å². The van der Waals surface area contributed by atoms with Crippen LogP contribution in [0.1, 0.15) is 53.0 Å². The Labute approximate surface area is 133 Å². The maximum Gasteiger partial charge on any atom is 0.0510 e. The number of nitrogens with zero attached hydrogens (tertiary/aromatic N) is 1. The van der Waals surface area contributed by atoms with E-state index in [9.17, 15) is 0 Å². The summed E-state index contributed by atoms with van der Waals surface area (Å²) in [6.07, 6.45) is 2.36. The van der Waals surface area contributed by atoms with Gasteiger partial charge in [-0.1, -0.05) is 19.9 Å². The molecule has 3 heteroatoms. The third kappa shape index (κ3) is 5.84. The molecule has 0 saturated heterocycles. The Kier molecular flexibility index (Phi) is 7.04. The molecule has 0 unspecified atom stereocenters. The molecule has 0 bridgehead atoms. The van der Waals surface area contributed by atoms with Crippen molar-refractivity contribution in [1.82, 2.24) is 5.32 Å². The Morgan fingerprint density at radius 2 is 1.70 bits per heavy atom. The van der Waals surface area contributed by atoms with Gasteiger partial charge in [-0.2, -0.15) is 0 Å². The molecule has 0 spiro atoms. The second-order valence-corrected chi connectivity index (χ2v) is 7.23. The summed E-state index contributed by atoms with van der Waals surface area (Å²) in [7, 11) is 0. The molecule has 0 aromatic heterocycles. The number of halogens is 1. The monoisotopic (exact) mass is 340 g/mol. The fourth-order valence-corrected chi connectivity index (χ4v) is 2.85. The quantitative estimate of drug-likeness (QED) is 0.754. The van der Waals surface area contributed by atoms with E-state index in [1.54, 1.807) is 0 Å². The first-order valence-corrected chi connectivity index (χ1v) is 8.45. The van der Waals surface area contributed by atoms with Crippen LogP contribution in [0, 0.1) is 0 Å². The molecule has 2 nitrogen and oxygen atoms in total. The lowest BCUT2D eigenvalue weighted by Crippen LogP contribution is -2.35. The van der Waals surface area contributed by atoms with Gasteiger partial charge in [-0.05, 0) is 67.2 Å². The highest BCUT2D eigenvalue weighted by Crippen LogP contribution is 2.28. The van der Waals surface area contributed by atoms with Crippen molar-refractivity contribution in [3.05, 3.63) is 28.2 Å². The highest BCUT2D eigenvalue weighted by molar-refractivity contribution is 9.10. The molecule has 1 rings (SSSR count). The van der Waals surface area contributed by atoms with E-state index < -0.39 is 0 Å². The number of hydrogen-bond donors (Lipinski definition) is 1. The predicted octanol–water partition coefficient (Wildman–Crippen LogP) is 4.96. The fourth-order valence-electron chi connectivity index (χ4n) is 2.18. The maximum atomic E-state index is 3.74. The van der Waals surface area contributed by atoms with Gasteiger partial charge in [0.2, 0.25) is 0 Å². The summed E-state index contributed by atoms with van der Waals surface area (Å²) < 4.78 is 1.20. The van der Waals surface area contributed by atoms with Crippen molar-refractivity contribution < 1.29 is 0 Å². The third-order valence-corrected chi connectivity index (χ3v) is 3.80. The molecule has 20 heavy (non-hydrogen) atoms. The summed E-state index contributed by atoms with van der Waals surface area (Å²) in [5.41, 5.74) is 2.79. The lowest BCUT2D eigenvalue weighted by molar-refractivity contribution is 0.424. The molecular formula is C17H29BrN2. The molecule has 0 radical (unpaired) electrons. The minimum atomic E-state index is 0.154. The molecule has 0 saturated carbocycles. The van der Waals surface area contributed by atoms with Gasteiger partial charge in [0.25, 0.3) is 0 Å². The number of nitrogens with one attached hydrogen (secondary N) is 1. The van der Waals surface area contributed by atoms with Crippen LogP contribution in [0.25, 0.3) is 0 Å². The first-order chi connectivity index (χ1) is 9.37. The van der Waals surface area contributed by atoms with E-state index in [-0.39, 0.29) is 5.54 Å². The lowest BCUT2D eigenvalue weighted by Gasteiger charge is -2.26. The van der Waals surface area contributed by atoms with Gasteiger partial charge in [-0.3, -0.25) is 0 Å². The summed E-state index contributed by atoms with van der Waals surface area (Å²) in [6.45, 7) is 14.2. The van der Waals surface area contributed by atoms with E-state index in [0.29, 0.717) is 0 Å². The molecule has 1 aromatic rings. The van der Waals surface area contributed by atoms with Gasteiger partial charge in [0.15, 0.2) is 0 Å². The van der Waals surface area contributed by atoms with Crippen molar-refractivity contribution >= 4 is 21.6 Å². The molecule has 1 N–H and O–H groups in total. The fraction of sp³-hybridized carbons (Fsp3) is 0.647. The molecule has 0 heterocycles. The van der Waals surface area contributed by atoms with Crippen LogP contribution in [0.4, 0.5) is 5.69 Å². The standard InChI is InChI=1S/C17H29BrN2/c1-6-10-20(11-7-2)16-9-8-14(12-15(16)18)13-19-17(3,4)5/h8-9,12,19H,6-7,10-11,13H2,1-5H3. The zero-order chi connectivity index (χ0) is 15.2. The van der Waals surface area contributed by atoms with Crippen LogP contribution in [0.15, 0.2) is 22.7 Å². The van der Waals surface area contributed by atoms with Crippen LogP contribution in [0.5, 0.6) is 0 Å². The topological polar surface area (TPSA) is 15.3 Å². The van der Waals surface area contributed by atoms with Crippen molar-refractivity contribution in [3.63, 3.8) is 0 Å². The van der Waals surface area contributed by atoms with Crippen molar-refractivity contribution in [2.75, 3.05) is 18.0 Å². The van der Waals surface area contributed by atoms with Crippen LogP contribution in [-0.2, 0) is 6.54 Å². The molecule has 0 fully saturated rings. The van der Waals surface area contributed by atoms with Crippen LogP contribution in [0.3, 0.4) is 0 Å². The van der Waals surface area contributed by atoms with Crippen LogP contribution < -0.4 is 10.2 Å². The molecule has 0 aliphatic carbocycles. The number of benzene rings is 1. The van der Waals surface area contributed by atoms with Crippen LogP contribution >= 0.6 is 15.9 Å². The molecule has 114 valence electrons. The van der Waals surface area contributed by atoms with E-state index in [1.807, 2.05) is 0 Å². The first-order valence-electron chi connectivity index (χ1n) is 7.65. The molecular weight excluding hydrogens is 312 g/mol. The molecule has 0 atom stereocenters. The number of rotatable bonds is 7. The van der Waals surface area contributed by atoms with Gasteiger partial charge in [0, 0.05) is 29.6 Å². The van der Waals surface area contributed by atoms with Gasteiger partial charge in [0.1, 0.15) is 0 Å². The summed E-state index contributed by atoms with van der Waals surface area (Å²) in [6, 6.07) is 6.72. The number of hydrogen-bond acceptors (Lipinski definition) is 2. The molecule has 0 aliphatic heterocycles. The van der Waals surface area contributed by atoms with Gasteiger partial charge in [-0.25, -0.2) is 0 Å². The second kappa shape index (κ2) is 8.04. The van der Waals surface area contributed by atoms with Gasteiger partial charge in [0.05, 0.1) is 5.69 Å². The number of anilines is 1. The zero-order valence-corrected chi connectivity index (χ0v) is 15.2. The minimum absolute atomic E-state index is 0.154. The molecule has 0 aliphatic rings. The van der Waals surface area contributed by atoms with E-state index in [0.717, 1.165) is 19.6 Å². The van der Waals surface area contributed by atoms with E-state index in [1.165, 1.54) is 28.6 Å². The van der Waals surface area contributed by atoms with Crippen molar-refractivity contribution in [2.45, 2.75) is 59.5 Å². The Hall–Kier alpha value is -0.540. The van der Waals surface area contributed by atoms with Crippen LogP contribution in [0.2, 0.25) is 0 Å². The Morgan fingerprint density at radius 1 is 1.10 bits per heavy atom. The minimum Gasteiger partial charge on any atom is -0.371 e. The van der Waals surface area contributed by atoms with Crippen molar-refractivity contribution in [2.24, 2.45) is 0 Å². The lowest BCUT2D eigenvalue weighted by atomic mass is 10.1. The van der Waals surface area contributed by atoms with Crippen molar-refractivity contribution in [1.29, 1.82) is 0 Å². The predicted molar refractivity (Wildman–Crippen MR) is 93.5 cm³/mol. The second-order valence-electron chi connectivity index (χ2n) is 6.38. The Morgan fingerprint density at radius 3 is 2.15 bits per heavy atom. The maximum absolute atomic E-state index is 3.74. The zero-order valence-electron chi connectivity index (χ0n) is 13.6. The highest BCUT2D eigenvalue weighted by Gasteiger charge is 2.11. The van der Waals surface area contributed by atoms with Crippen LogP contribution in [-0.4, -0.2) is 18.6 Å². The summed E-state index contributed by atoms with van der Waals surface area (Å²) >= 11 is 3.74. The smallest absolute Gasteiger partial charge is 0.0510 e. The average molecular weight is 341 g/mol. The molecule has 0 amide bonds. The van der Waals surface area contributed by atoms with Gasteiger partial charge >= 0.3 is 0 Å². The first kappa shape index (κ1) is 17.5. The van der Waals surface area contributed by atoms with Gasteiger partial charge in [-0.15, -0.1) is 0 Å². The summed E-state index contributed by atoms with van der Waals surface area (Å²) in [4.78, 5) is 2.46. The Balaban J connectivity index is 2.80. The molecule has 1 aromatic carbocycles. The third-order valence-electron chi connectivity index (χ3n) is 3.16. The highest BCUT2D eigenvalue weighted by atomic mass is 79.9. The Bertz CT molecular complexity index is 404. The van der Waals surface area contributed by atoms with E-state index in [2.05, 4.69) is 79.0 Å². The SMILES string of the molecule is CCCN(CCC)c1ccc(CNC(C)(C)C)cc1Br. The van der Waals surface area contributed by atoms with E-state index in [4.69, 9.17) is 0 Å². The summed E-state index contributed by atoms with van der Waals surface area (Å²) in [5, 5.41) is 3.53. The largest absolute Gasteiger partial charge is 0.371 e. The summed E-state index contributed by atoms with van der Waals surface area (Å²) in [5.74, 6) is 0. The average Bonchev–Trinajstić information content (AvgIpc) is 2.35. The van der Waals surface area contributed by atoms with Crippen molar-refractivity contribution in [3.8, 4) is 0 Å².